The zero-order chi connectivity index (χ0) is 29.0. The second kappa shape index (κ2) is 15.5. The Bertz CT molecular complexity index is 1260. The number of aromatic nitrogens is 4. The topological polar surface area (TPSA) is 130 Å². The van der Waals surface area contributed by atoms with Gasteiger partial charge in [-0.15, -0.1) is 0 Å². The summed E-state index contributed by atoms with van der Waals surface area (Å²) in [7, 11) is 3.01. The van der Waals surface area contributed by atoms with E-state index in [1.165, 1.54) is 7.11 Å². The largest absolute Gasteiger partial charge is 0.469 e. The van der Waals surface area contributed by atoms with Crippen molar-refractivity contribution >= 4 is 23.0 Å². The molecule has 3 heterocycles. The van der Waals surface area contributed by atoms with E-state index < -0.39 is 0 Å². The summed E-state index contributed by atoms with van der Waals surface area (Å²) in [5.41, 5.74) is 9.44. The van der Waals surface area contributed by atoms with Crippen LogP contribution in [0.4, 0.5) is 5.82 Å². The average molecular weight is 570 g/mol. The Kier molecular flexibility index (Phi) is 11.5. The summed E-state index contributed by atoms with van der Waals surface area (Å²) in [5.74, 6) is 0.0359. The fourth-order valence-electron chi connectivity index (χ4n) is 4.88. The van der Waals surface area contributed by atoms with Gasteiger partial charge >= 0.3 is 12.0 Å². The number of morpholine rings is 1. The molecule has 12 heteroatoms. The highest BCUT2D eigenvalue weighted by atomic mass is 16.5. The van der Waals surface area contributed by atoms with Crippen LogP contribution in [0.3, 0.4) is 0 Å². The van der Waals surface area contributed by atoms with Crippen molar-refractivity contribution in [1.29, 1.82) is 0 Å². The minimum absolute atomic E-state index is 0.240. The van der Waals surface area contributed by atoms with Crippen molar-refractivity contribution in [2.24, 2.45) is 0 Å². The first-order chi connectivity index (χ1) is 20.0. The Morgan fingerprint density at radius 2 is 1.88 bits per heavy atom. The summed E-state index contributed by atoms with van der Waals surface area (Å²) in [6.45, 7) is 10.2. The number of benzene rings is 1. The number of carbonyl (C=O) groups excluding carboxylic acids is 1. The van der Waals surface area contributed by atoms with Crippen LogP contribution in [0.15, 0.2) is 24.3 Å². The molecule has 1 aromatic carbocycles. The van der Waals surface area contributed by atoms with Crippen molar-refractivity contribution in [3.63, 3.8) is 0 Å². The maximum atomic E-state index is 11.8. The second-order valence-electron chi connectivity index (χ2n) is 10.2. The predicted octanol–water partition coefficient (Wildman–Crippen LogP) is 2.54. The molecule has 0 aliphatic carbocycles. The lowest BCUT2D eigenvalue weighted by Gasteiger charge is -2.30. The minimum Gasteiger partial charge on any atom is -0.469 e. The van der Waals surface area contributed by atoms with Crippen LogP contribution in [-0.4, -0.2) is 102 Å². The van der Waals surface area contributed by atoms with E-state index in [0.717, 1.165) is 82.9 Å². The fraction of sp³-hybridized carbons (Fsp3) is 0.586. The Morgan fingerprint density at radius 1 is 1.07 bits per heavy atom. The number of carbonyl (C=O) groups is 1. The number of methoxy groups -OCH3 is 2. The number of anilines is 1. The molecule has 2 N–H and O–H groups in total. The van der Waals surface area contributed by atoms with Gasteiger partial charge in [-0.3, -0.25) is 19.2 Å². The number of fused-ring (bicyclic) bond motifs is 1. The molecule has 3 aromatic rings. The Balaban J connectivity index is 1.46. The van der Waals surface area contributed by atoms with Crippen molar-refractivity contribution in [2.75, 3.05) is 72.5 Å². The number of hydrogen-bond acceptors (Lipinski definition) is 11. The Morgan fingerprint density at radius 3 is 2.63 bits per heavy atom. The monoisotopic (exact) mass is 569 g/mol. The molecule has 0 spiro atoms. The molecule has 2 aromatic heterocycles. The second-order valence-corrected chi connectivity index (χ2v) is 10.2. The van der Waals surface area contributed by atoms with Crippen LogP contribution in [-0.2, 0) is 33.8 Å². The third-order valence-electron chi connectivity index (χ3n) is 7.14. The summed E-state index contributed by atoms with van der Waals surface area (Å²) in [6, 6.07) is 8.86. The van der Waals surface area contributed by atoms with Crippen LogP contribution in [0.1, 0.15) is 37.3 Å². The van der Waals surface area contributed by atoms with E-state index in [1.807, 2.05) is 16.7 Å². The molecule has 224 valence electrons. The molecular formula is C29H43N7O5. The van der Waals surface area contributed by atoms with Gasteiger partial charge in [0.05, 0.1) is 40.5 Å². The number of nitrogen functional groups attached to an aromatic ring is 1. The summed E-state index contributed by atoms with van der Waals surface area (Å²) in [4.78, 5) is 30.1. The average Bonchev–Trinajstić information content (AvgIpc) is 3.34. The number of unbranched alkanes of at least 4 members (excludes halogenated alkanes) is 1. The highest BCUT2D eigenvalue weighted by Gasteiger charge is 2.19. The van der Waals surface area contributed by atoms with Crippen LogP contribution in [0, 0.1) is 0 Å². The number of imidazole rings is 1. The first-order valence-corrected chi connectivity index (χ1v) is 14.4. The van der Waals surface area contributed by atoms with Gasteiger partial charge in [0.25, 0.3) is 6.01 Å². The molecule has 0 bridgehead atoms. The number of hydrogen-bond donors (Lipinski definition) is 1. The van der Waals surface area contributed by atoms with E-state index in [4.69, 9.17) is 24.7 Å². The van der Waals surface area contributed by atoms with Gasteiger partial charge in [0.1, 0.15) is 0 Å². The van der Waals surface area contributed by atoms with Gasteiger partial charge in [-0.2, -0.15) is 15.0 Å². The molecule has 0 saturated carbocycles. The first kappa shape index (κ1) is 30.5. The summed E-state index contributed by atoms with van der Waals surface area (Å²) in [6.07, 6.45) is 3.03. The number of ether oxygens (including phenoxy) is 4. The van der Waals surface area contributed by atoms with Gasteiger partial charge in [-0.1, -0.05) is 37.6 Å². The lowest BCUT2D eigenvalue weighted by Crippen LogP contribution is -2.41. The summed E-state index contributed by atoms with van der Waals surface area (Å²) in [5, 5.41) is 0. The molecule has 0 radical (unpaired) electrons. The quantitative estimate of drug-likeness (QED) is 0.202. The molecule has 0 amide bonds. The Hall–Kier alpha value is -3.48. The van der Waals surface area contributed by atoms with E-state index >= 15 is 0 Å². The molecular weight excluding hydrogens is 526 g/mol. The molecule has 1 fully saturated rings. The van der Waals surface area contributed by atoms with E-state index in [9.17, 15) is 4.79 Å². The van der Waals surface area contributed by atoms with E-state index in [2.05, 4.69) is 43.8 Å². The van der Waals surface area contributed by atoms with Crippen molar-refractivity contribution in [3.8, 4) is 12.0 Å². The molecule has 1 aliphatic heterocycles. The molecule has 0 unspecified atom stereocenters. The highest BCUT2D eigenvalue weighted by molar-refractivity contribution is 5.83. The van der Waals surface area contributed by atoms with Gasteiger partial charge in [0, 0.05) is 45.8 Å². The zero-order valence-corrected chi connectivity index (χ0v) is 24.5. The van der Waals surface area contributed by atoms with Gasteiger partial charge < -0.3 is 24.7 Å². The van der Waals surface area contributed by atoms with Crippen LogP contribution in [0.5, 0.6) is 12.0 Å². The van der Waals surface area contributed by atoms with Crippen molar-refractivity contribution in [3.05, 3.63) is 35.4 Å². The maximum Gasteiger partial charge on any atom is 0.320 e. The number of aryl methyl sites for hydroxylation is 1. The van der Waals surface area contributed by atoms with Gasteiger partial charge in [0.15, 0.2) is 17.0 Å². The van der Waals surface area contributed by atoms with E-state index in [-0.39, 0.29) is 24.2 Å². The molecule has 0 atom stereocenters. The third-order valence-corrected chi connectivity index (χ3v) is 7.14. The summed E-state index contributed by atoms with van der Waals surface area (Å²) < 4.78 is 23.6. The number of esters is 1. The molecule has 1 saturated heterocycles. The predicted molar refractivity (Wildman–Crippen MR) is 156 cm³/mol. The molecule has 12 nitrogen and oxygen atoms in total. The van der Waals surface area contributed by atoms with Crippen LogP contribution in [0.2, 0.25) is 0 Å². The van der Waals surface area contributed by atoms with Crippen molar-refractivity contribution in [2.45, 2.75) is 45.7 Å². The third kappa shape index (κ3) is 8.75. The van der Waals surface area contributed by atoms with Crippen LogP contribution < -0.4 is 15.2 Å². The van der Waals surface area contributed by atoms with Crippen LogP contribution >= 0.6 is 0 Å². The van der Waals surface area contributed by atoms with Gasteiger partial charge in [-0.05, 0) is 24.0 Å². The standard InChI is InChI=1S/C29H43N7O5/c1-4-5-16-41-28-32-26(30)25-27(33-28)36(29(31-25)39-3)11-7-10-35(13-12-34-14-17-40-18-15-34)21-23-9-6-8-22(19-23)20-24(37)38-2/h6,8-9,19H,4-5,7,10-18,20-21H2,1-3H3,(H2,30,32,33). The normalized spacial score (nSPS) is 14.0. The van der Waals surface area contributed by atoms with Gasteiger partial charge in [0.2, 0.25) is 0 Å². The van der Waals surface area contributed by atoms with E-state index in [1.54, 1.807) is 7.11 Å². The maximum absolute atomic E-state index is 11.8. The molecule has 1 aliphatic rings. The SMILES string of the molecule is CCCCOc1nc(N)c2nc(OC)n(CCCN(CCN3CCOCC3)Cc3cccc(CC(=O)OC)c3)c2n1. The lowest BCUT2D eigenvalue weighted by atomic mass is 10.1. The minimum atomic E-state index is -0.240. The lowest BCUT2D eigenvalue weighted by molar-refractivity contribution is -0.139. The number of nitrogens with zero attached hydrogens (tertiary/aromatic N) is 6. The molecule has 4 rings (SSSR count). The molecule has 41 heavy (non-hydrogen) atoms. The van der Waals surface area contributed by atoms with Gasteiger partial charge in [-0.25, -0.2) is 0 Å². The smallest absolute Gasteiger partial charge is 0.320 e. The zero-order valence-electron chi connectivity index (χ0n) is 24.5. The Labute approximate surface area is 241 Å². The van der Waals surface area contributed by atoms with Crippen molar-refractivity contribution in [1.82, 2.24) is 29.3 Å². The first-order valence-electron chi connectivity index (χ1n) is 14.4. The fourth-order valence-corrected chi connectivity index (χ4v) is 4.88. The van der Waals surface area contributed by atoms with Crippen molar-refractivity contribution < 1.29 is 23.7 Å². The number of nitrogens with two attached hydrogens (primary N) is 1. The van der Waals surface area contributed by atoms with E-state index in [0.29, 0.717) is 30.3 Å². The van der Waals surface area contributed by atoms with Crippen LogP contribution in [0.25, 0.3) is 11.2 Å². The summed E-state index contributed by atoms with van der Waals surface area (Å²) >= 11 is 0. The highest BCUT2D eigenvalue weighted by Crippen LogP contribution is 2.26. The number of rotatable bonds is 16.